The molecule has 3 heteroatoms. The number of ketones is 1. The summed E-state index contributed by atoms with van der Waals surface area (Å²) in [7, 11) is 0. The number of carbonyl (C=O) groups excluding carboxylic acids is 1. The summed E-state index contributed by atoms with van der Waals surface area (Å²) in [6, 6.07) is 7.24. The van der Waals surface area contributed by atoms with Crippen molar-refractivity contribution in [2.45, 2.75) is 12.8 Å². The lowest BCUT2D eigenvalue weighted by atomic mass is 10.1. The van der Waals surface area contributed by atoms with E-state index in [4.69, 9.17) is 4.42 Å². The molecule has 2 aromatic rings. The van der Waals surface area contributed by atoms with Crippen LogP contribution in [0, 0.1) is 0 Å². The summed E-state index contributed by atoms with van der Waals surface area (Å²) in [6.45, 7) is 0. The molecule has 15 heavy (non-hydrogen) atoms. The molecule has 2 heterocycles. The number of pyridine rings is 1. The average molecular weight is 201 g/mol. The van der Waals surface area contributed by atoms with Crippen LogP contribution in [0.5, 0.6) is 0 Å². The van der Waals surface area contributed by atoms with Crippen molar-refractivity contribution in [1.29, 1.82) is 0 Å². The van der Waals surface area contributed by atoms with Gasteiger partial charge in [0.15, 0.2) is 11.5 Å². The van der Waals surface area contributed by atoms with Gasteiger partial charge >= 0.3 is 0 Å². The van der Waals surface area contributed by atoms with E-state index in [1.54, 1.807) is 24.5 Å². The second-order valence-corrected chi connectivity index (χ2v) is 3.26. The van der Waals surface area contributed by atoms with Crippen molar-refractivity contribution in [3.05, 3.63) is 54.2 Å². The molecule has 0 amide bonds. The van der Waals surface area contributed by atoms with Crippen LogP contribution in [0.1, 0.15) is 22.5 Å². The summed E-state index contributed by atoms with van der Waals surface area (Å²) in [5.41, 5.74) is 1.12. The highest BCUT2D eigenvalue weighted by Gasteiger charge is 2.08. The highest BCUT2D eigenvalue weighted by Crippen LogP contribution is 2.08. The molecular formula is C12H11NO2. The Labute approximate surface area is 87.8 Å². The number of furan rings is 1. The van der Waals surface area contributed by atoms with Gasteiger partial charge in [-0.25, -0.2) is 0 Å². The molecule has 0 unspecified atom stereocenters. The van der Waals surface area contributed by atoms with Crippen LogP contribution in [0.4, 0.5) is 0 Å². The molecule has 0 spiro atoms. The Morgan fingerprint density at radius 2 is 2.07 bits per heavy atom. The SMILES string of the molecule is O=C(CCc1ccncc1)c1ccco1. The second-order valence-electron chi connectivity index (χ2n) is 3.26. The number of nitrogens with zero attached hydrogens (tertiary/aromatic N) is 1. The summed E-state index contributed by atoms with van der Waals surface area (Å²) < 4.78 is 5.02. The predicted molar refractivity (Wildman–Crippen MR) is 55.6 cm³/mol. The van der Waals surface area contributed by atoms with E-state index in [-0.39, 0.29) is 5.78 Å². The summed E-state index contributed by atoms with van der Waals surface area (Å²) in [5, 5.41) is 0. The van der Waals surface area contributed by atoms with Crippen LogP contribution in [-0.2, 0) is 6.42 Å². The summed E-state index contributed by atoms with van der Waals surface area (Å²) in [6.07, 6.45) is 6.17. The second kappa shape index (κ2) is 4.55. The summed E-state index contributed by atoms with van der Waals surface area (Å²) in [4.78, 5) is 15.5. The quantitative estimate of drug-likeness (QED) is 0.714. The van der Waals surface area contributed by atoms with Gasteiger partial charge in [-0.3, -0.25) is 9.78 Å². The Bertz CT molecular complexity index is 420. The minimum absolute atomic E-state index is 0.0387. The number of rotatable bonds is 4. The van der Waals surface area contributed by atoms with Gasteiger partial charge in [-0.15, -0.1) is 0 Å². The lowest BCUT2D eigenvalue weighted by molar-refractivity contribution is 0.0956. The molecule has 0 saturated carbocycles. The lowest BCUT2D eigenvalue weighted by Gasteiger charge is -1.98. The van der Waals surface area contributed by atoms with Crippen LogP contribution >= 0.6 is 0 Å². The molecule has 0 bridgehead atoms. The summed E-state index contributed by atoms with van der Waals surface area (Å²) in [5.74, 6) is 0.473. The molecule has 2 rings (SSSR count). The van der Waals surface area contributed by atoms with E-state index in [1.807, 2.05) is 12.1 Å². The predicted octanol–water partition coefficient (Wildman–Crippen LogP) is 2.49. The van der Waals surface area contributed by atoms with Gasteiger partial charge in [0.05, 0.1) is 6.26 Å². The van der Waals surface area contributed by atoms with E-state index in [2.05, 4.69) is 4.98 Å². The molecule has 0 aliphatic heterocycles. The first-order valence-electron chi connectivity index (χ1n) is 4.82. The van der Waals surface area contributed by atoms with E-state index < -0.39 is 0 Å². The van der Waals surface area contributed by atoms with Gasteiger partial charge in [0.1, 0.15) is 0 Å². The van der Waals surface area contributed by atoms with Crippen LogP contribution in [0.2, 0.25) is 0 Å². The first kappa shape index (κ1) is 9.65. The number of hydrogen-bond acceptors (Lipinski definition) is 3. The Hall–Kier alpha value is -1.90. The minimum Gasteiger partial charge on any atom is -0.461 e. The molecule has 0 atom stereocenters. The molecule has 3 nitrogen and oxygen atoms in total. The van der Waals surface area contributed by atoms with Crippen molar-refractivity contribution in [2.24, 2.45) is 0 Å². The number of Topliss-reactive ketones (excluding diaryl/α,β-unsaturated/α-hetero) is 1. The Morgan fingerprint density at radius 1 is 1.27 bits per heavy atom. The highest BCUT2D eigenvalue weighted by atomic mass is 16.3. The Balaban J connectivity index is 1.92. The molecule has 0 fully saturated rings. The molecule has 2 aromatic heterocycles. The van der Waals surface area contributed by atoms with Gasteiger partial charge < -0.3 is 4.42 Å². The van der Waals surface area contributed by atoms with Crippen LogP contribution in [-0.4, -0.2) is 10.8 Å². The van der Waals surface area contributed by atoms with E-state index in [0.717, 1.165) is 12.0 Å². The fourth-order valence-electron chi connectivity index (χ4n) is 1.37. The van der Waals surface area contributed by atoms with Gasteiger partial charge in [0.25, 0.3) is 0 Å². The van der Waals surface area contributed by atoms with E-state index in [9.17, 15) is 4.79 Å². The van der Waals surface area contributed by atoms with Crippen molar-refractivity contribution in [2.75, 3.05) is 0 Å². The third kappa shape index (κ3) is 2.53. The molecular weight excluding hydrogens is 190 g/mol. The van der Waals surface area contributed by atoms with E-state index in [1.165, 1.54) is 6.26 Å². The number of hydrogen-bond donors (Lipinski definition) is 0. The van der Waals surface area contributed by atoms with Crippen LogP contribution in [0.15, 0.2) is 47.3 Å². The van der Waals surface area contributed by atoms with Crippen molar-refractivity contribution in [3.63, 3.8) is 0 Å². The maximum absolute atomic E-state index is 11.6. The van der Waals surface area contributed by atoms with Crippen molar-refractivity contribution in [1.82, 2.24) is 4.98 Å². The zero-order chi connectivity index (χ0) is 10.5. The van der Waals surface area contributed by atoms with Crippen LogP contribution in [0.25, 0.3) is 0 Å². The number of carbonyl (C=O) groups is 1. The van der Waals surface area contributed by atoms with Crippen LogP contribution in [0.3, 0.4) is 0 Å². The Kier molecular flexibility index (Phi) is 2.93. The monoisotopic (exact) mass is 201 g/mol. The summed E-state index contributed by atoms with van der Waals surface area (Å²) >= 11 is 0. The standard InChI is InChI=1S/C12H11NO2/c14-11(12-2-1-9-15-12)4-3-10-5-7-13-8-6-10/h1-2,5-9H,3-4H2. The first-order valence-corrected chi connectivity index (χ1v) is 4.82. The molecule has 0 N–H and O–H groups in total. The molecule has 76 valence electrons. The fourth-order valence-corrected chi connectivity index (χ4v) is 1.37. The molecule has 0 saturated heterocycles. The zero-order valence-corrected chi connectivity index (χ0v) is 8.22. The third-order valence-electron chi connectivity index (χ3n) is 2.19. The van der Waals surface area contributed by atoms with Gasteiger partial charge in [-0.05, 0) is 36.2 Å². The molecule has 0 aromatic carbocycles. The van der Waals surface area contributed by atoms with Gasteiger partial charge in [-0.2, -0.15) is 0 Å². The smallest absolute Gasteiger partial charge is 0.198 e. The lowest BCUT2D eigenvalue weighted by Crippen LogP contribution is -1.99. The molecule has 0 aliphatic carbocycles. The van der Waals surface area contributed by atoms with Crippen molar-refractivity contribution in [3.8, 4) is 0 Å². The fraction of sp³-hybridized carbons (Fsp3) is 0.167. The van der Waals surface area contributed by atoms with Gasteiger partial charge in [-0.1, -0.05) is 0 Å². The van der Waals surface area contributed by atoms with Crippen molar-refractivity contribution < 1.29 is 9.21 Å². The Morgan fingerprint density at radius 3 is 2.73 bits per heavy atom. The van der Waals surface area contributed by atoms with Crippen molar-refractivity contribution >= 4 is 5.78 Å². The maximum atomic E-state index is 11.6. The van der Waals surface area contributed by atoms with E-state index >= 15 is 0 Å². The largest absolute Gasteiger partial charge is 0.461 e. The number of aromatic nitrogens is 1. The topological polar surface area (TPSA) is 43.1 Å². The molecule has 0 radical (unpaired) electrons. The maximum Gasteiger partial charge on any atom is 0.198 e. The highest BCUT2D eigenvalue weighted by molar-refractivity contribution is 5.93. The average Bonchev–Trinajstić information content (AvgIpc) is 2.81. The van der Waals surface area contributed by atoms with E-state index in [0.29, 0.717) is 12.2 Å². The van der Waals surface area contributed by atoms with Gasteiger partial charge in [0, 0.05) is 18.8 Å². The third-order valence-corrected chi connectivity index (χ3v) is 2.19. The van der Waals surface area contributed by atoms with Gasteiger partial charge in [0.2, 0.25) is 0 Å². The zero-order valence-electron chi connectivity index (χ0n) is 8.22. The minimum atomic E-state index is 0.0387. The normalized spacial score (nSPS) is 10.1. The molecule has 0 aliphatic rings. The number of aryl methyl sites for hydroxylation is 1. The first-order chi connectivity index (χ1) is 7.36. The van der Waals surface area contributed by atoms with Crippen LogP contribution < -0.4 is 0 Å².